The van der Waals surface area contributed by atoms with Crippen molar-refractivity contribution in [1.82, 2.24) is 19.7 Å². The third kappa shape index (κ3) is 3.31. The Balaban J connectivity index is 1.36. The van der Waals surface area contributed by atoms with Crippen LogP contribution >= 0.6 is 0 Å². The summed E-state index contributed by atoms with van der Waals surface area (Å²) in [6, 6.07) is 10.8. The first kappa shape index (κ1) is 18.6. The summed E-state index contributed by atoms with van der Waals surface area (Å²) in [4.78, 5) is 10.1. The molecule has 152 valence electrons. The fourth-order valence-electron chi connectivity index (χ4n) is 5.53. The Bertz CT molecular complexity index is 1030. The van der Waals surface area contributed by atoms with Gasteiger partial charge in [0.25, 0.3) is 0 Å². The number of para-hydroxylation sites is 1. The number of hydrogen-bond acceptors (Lipinski definition) is 4. The van der Waals surface area contributed by atoms with Crippen LogP contribution in [0.3, 0.4) is 0 Å². The zero-order valence-corrected chi connectivity index (χ0v) is 17.9. The molecule has 2 aliphatic rings. The van der Waals surface area contributed by atoms with Crippen molar-refractivity contribution in [2.24, 2.45) is 7.05 Å². The molecule has 0 saturated carbocycles. The van der Waals surface area contributed by atoms with Crippen LogP contribution in [0, 0.1) is 13.8 Å². The highest BCUT2D eigenvalue weighted by molar-refractivity contribution is 5.92. The van der Waals surface area contributed by atoms with E-state index in [4.69, 9.17) is 4.98 Å². The van der Waals surface area contributed by atoms with Gasteiger partial charge in [-0.1, -0.05) is 18.2 Å². The predicted octanol–water partition coefficient (Wildman–Crippen LogP) is 4.22. The van der Waals surface area contributed by atoms with Crippen molar-refractivity contribution in [2.75, 3.05) is 24.5 Å². The van der Waals surface area contributed by atoms with Gasteiger partial charge in [0, 0.05) is 60.7 Å². The SMILES string of the molecule is Cc1cc(N2CCC3(CCCN3Cc3cn(C)nc3C)CC2)c2ccccc2n1. The Morgan fingerprint density at radius 3 is 2.59 bits per heavy atom. The normalized spacial score (nSPS) is 19.5. The Kier molecular flexibility index (Phi) is 4.58. The minimum Gasteiger partial charge on any atom is -0.371 e. The standard InChI is InChI=1S/C24H31N5/c1-18-15-23(21-7-4-5-8-22(21)25-18)28-13-10-24(11-14-28)9-6-12-29(24)17-20-16-27(3)26-19(20)2/h4-5,7-8,15-16H,6,9-14,17H2,1-3H3. The molecule has 0 unspecified atom stereocenters. The smallest absolute Gasteiger partial charge is 0.0726 e. The Morgan fingerprint density at radius 2 is 1.83 bits per heavy atom. The second kappa shape index (κ2) is 7.13. The minimum atomic E-state index is 0.358. The molecule has 29 heavy (non-hydrogen) atoms. The summed E-state index contributed by atoms with van der Waals surface area (Å²) in [5.41, 5.74) is 6.48. The quantitative estimate of drug-likeness (QED) is 0.672. The molecule has 5 heteroatoms. The van der Waals surface area contributed by atoms with Gasteiger partial charge >= 0.3 is 0 Å². The number of nitrogens with zero attached hydrogens (tertiary/aromatic N) is 5. The number of benzene rings is 1. The molecule has 2 aliphatic heterocycles. The van der Waals surface area contributed by atoms with E-state index in [0.29, 0.717) is 5.54 Å². The molecule has 1 aromatic carbocycles. The fraction of sp³-hybridized carbons (Fsp3) is 0.500. The van der Waals surface area contributed by atoms with Crippen molar-refractivity contribution in [2.45, 2.75) is 51.6 Å². The van der Waals surface area contributed by atoms with Gasteiger partial charge in [-0.2, -0.15) is 5.10 Å². The maximum atomic E-state index is 4.73. The molecular weight excluding hydrogens is 358 g/mol. The largest absolute Gasteiger partial charge is 0.371 e. The van der Waals surface area contributed by atoms with Crippen LogP contribution in [0.25, 0.3) is 10.9 Å². The van der Waals surface area contributed by atoms with Crippen molar-refractivity contribution in [3.8, 4) is 0 Å². The van der Waals surface area contributed by atoms with Crippen LogP contribution in [0.5, 0.6) is 0 Å². The van der Waals surface area contributed by atoms with E-state index in [-0.39, 0.29) is 0 Å². The number of aromatic nitrogens is 3. The lowest BCUT2D eigenvalue weighted by atomic mass is 9.84. The number of pyridine rings is 1. The summed E-state index contributed by atoms with van der Waals surface area (Å²) in [5, 5.41) is 5.83. The zero-order chi connectivity index (χ0) is 20.0. The summed E-state index contributed by atoms with van der Waals surface area (Å²) in [6.07, 6.45) is 7.32. The first-order chi connectivity index (χ1) is 14.0. The third-order valence-electron chi connectivity index (χ3n) is 7.07. The molecule has 2 fully saturated rings. The maximum Gasteiger partial charge on any atom is 0.0726 e. The van der Waals surface area contributed by atoms with Crippen LogP contribution < -0.4 is 4.90 Å². The van der Waals surface area contributed by atoms with E-state index in [9.17, 15) is 0 Å². The molecule has 1 spiro atoms. The molecule has 0 radical (unpaired) electrons. The molecule has 3 aromatic rings. The lowest BCUT2D eigenvalue weighted by Crippen LogP contribution is -2.52. The van der Waals surface area contributed by atoms with Crippen LogP contribution in [-0.2, 0) is 13.6 Å². The molecule has 2 aromatic heterocycles. The average Bonchev–Trinajstić information content (AvgIpc) is 3.24. The molecule has 4 heterocycles. The molecule has 0 bridgehead atoms. The van der Waals surface area contributed by atoms with Crippen molar-refractivity contribution in [1.29, 1.82) is 0 Å². The van der Waals surface area contributed by atoms with Gasteiger partial charge in [-0.15, -0.1) is 0 Å². The highest BCUT2D eigenvalue weighted by Crippen LogP contribution is 2.41. The second-order valence-corrected chi connectivity index (χ2v) is 8.95. The van der Waals surface area contributed by atoms with Crippen molar-refractivity contribution < 1.29 is 0 Å². The van der Waals surface area contributed by atoms with Crippen molar-refractivity contribution in [3.63, 3.8) is 0 Å². The van der Waals surface area contributed by atoms with E-state index >= 15 is 0 Å². The van der Waals surface area contributed by atoms with Gasteiger partial charge < -0.3 is 4.90 Å². The number of fused-ring (bicyclic) bond motifs is 1. The second-order valence-electron chi connectivity index (χ2n) is 8.95. The Hall–Kier alpha value is -2.40. The maximum absolute atomic E-state index is 4.73. The van der Waals surface area contributed by atoms with Gasteiger partial charge in [0.05, 0.1) is 11.2 Å². The van der Waals surface area contributed by atoms with Crippen LogP contribution in [0.4, 0.5) is 5.69 Å². The van der Waals surface area contributed by atoms with E-state index in [1.54, 1.807) is 0 Å². The monoisotopic (exact) mass is 389 g/mol. The zero-order valence-electron chi connectivity index (χ0n) is 17.9. The summed E-state index contributed by atoms with van der Waals surface area (Å²) >= 11 is 0. The summed E-state index contributed by atoms with van der Waals surface area (Å²) < 4.78 is 1.95. The van der Waals surface area contributed by atoms with Crippen LogP contribution in [0.2, 0.25) is 0 Å². The van der Waals surface area contributed by atoms with Gasteiger partial charge in [-0.3, -0.25) is 14.6 Å². The summed E-state index contributed by atoms with van der Waals surface area (Å²) in [5.74, 6) is 0. The number of rotatable bonds is 3. The van der Waals surface area contributed by atoms with Crippen molar-refractivity contribution >= 4 is 16.6 Å². The third-order valence-corrected chi connectivity index (χ3v) is 7.07. The van der Waals surface area contributed by atoms with Gasteiger partial charge in [-0.05, 0) is 58.2 Å². The lowest BCUT2D eigenvalue weighted by Gasteiger charge is -2.46. The number of piperidine rings is 1. The van der Waals surface area contributed by atoms with Gasteiger partial charge in [0.15, 0.2) is 0 Å². The highest BCUT2D eigenvalue weighted by Gasteiger charge is 2.43. The van der Waals surface area contributed by atoms with Crippen LogP contribution in [0.15, 0.2) is 36.5 Å². The van der Waals surface area contributed by atoms with Crippen LogP contribution in [-0.4, -0.2) is 44.8 Å². The van der Waals surface area contributed by atoms with E-state index in [1.807, 2.05) is 11.7 Å². The van der Waals surface area contributed by atoms with Gasteiger partial charge in [-0.25, -0.2) is 0 Å². The Labute approximate surface area is 173 Å². The van der Waals surface area contributed by atoms with Gasteiger partial charge in [0.1, 0.15) is 0 Å². The number of hydrogen-bond donors (Lipinski definition) is 0. The predicted molar refractivity (Wildman–Crippen MR) is 118 cm³/mol. The molecule has 0 amide bonds. The first-order valence-electron chi connectivity index (χ1n) is 10.9. The van der Waals surface area contributed by atoms with Crippen LogP contribution in [0.1, 0.15) is 42.6 Å². The lowest BCUT2D eigenvalue weighted by molar-refractivity contribution is 0.0996. The first-order valence-corrected chi connectivity index (χ1v) is 10.9. The van der Waals surface area contributed by atoms with E-state index in [0.717, 1.165) is 30.8 Å². The van der Waals surface area contributed by atoms with E-state index < -0.39 is 0 Å². The average molecular weight is 390 g/mol. The molecule has 2 saturated heterocycles. The molecule has 5 rings (SSSR count). The summed E-state index contributed by atoms with van der Waals surface area (Å²) in [6.45, 7) is 8.74. The minimum absolute atomic E-state index is 0.358. The molecule has 0 aliphatic carbocycles. The van der Waals surface area contributed by atoms with Gasteiger partial charge in [0.2, 0.25) is 0 Å². The van der Waals surface area contributed by atoms with Crippen molar-refractivity contribution in [3.05, 3.63) is 53.5 Å². The summed E-state index contributed by atoms with van der Waals surface area (Å²) in [7, 11) is 2.02. The number of anilines is 1. The molecule has 5 nitrogen and oxygen atoms in total. The molecular formula is C24H31N5. The number of aryl methyl sites for hydroxylation is 3. The molecule has 0 N–H and O–H groups in total. The topological polar surface area (TPSA) is 37.2 Å². The van der Waals surface area contributed by atoms with E-state index in [2.05, 4.69) is 65.3 Å². The highest BCUT2D eigenvalue weighted by atomic mass is 15.3. The fourth-order valence-corrected chi connectivity index (χ4v) is 5.53. The van der Waals surface area contributed by atoms with E-state index in [1.165, 1.54) is 54.6 Å². The Morgan fingerprint density at radius 1 is 1.03 bits per heavy atom. The number of likely N-dealkylation sites (tertiary alicyclic amines) is 1. The molecule has 0 atom stereocenters.